The molecule has 0 unspecified atom stereocenters. The van der Waals surface area contributed by atoms with E-state index < -0.39 is 14.1 Å². The van der Waals surface area contributed by atoms with Gasteiger partial charge in [0.05, 0.1) is 4.87 Å². The Morgan fingerprint density at radius 1 is 1.23 bits per heavy atom. The van der Waals surface area contributed by atoms with Gasteiger partial charge in [-0.15, -0.1) is 23.2 Å². The molecule has 0 amide bonds. The zero-order valence-electron chi connectivity index (χ0n) is 6.54. The lowest BCUT2D eigenvalue weighted by Gasteiger charge is -2.31. The number of allylic oxidation sites excluding steroid dienone is 2. The van der Waals surface area contributed by atoms with Crippen LogP contribution < -0.4 is 0 Å². The number of hydrogen-bond donors (Lipinski definition) is 0. The summed E-state index contributed by atoms with van der Waals surface area (Å²) in [5.41, 5.74) is 0. The molecule has 0 radical (unpaired) electrons. The van der Waals surface area contributed by atoms with Crippen LogP contribution in [0.15, 0.2) is 12.2 Å². The molecule has 0 saturated heterocycles. The minimum absolute atomic E-state index is 0.187. The van der Waals surface area contributed by atoms with Gasteiger partial charge in [0, 0.05) is 5.33 Å². The smallest absolute Gasteiger partial charge is 0.111 e. The van der Waals surface area contributed by atoms with Crippen molar-refractivity contribution in [3.8, 4) is 0 Å². The van der Waals surface area contributed by atoms with Crippen LogP contribution in [0, 0.1) is 5.92 Å². The van der Waals surface area contributed by atoms with Crippen LogP contribution in [0.5, 0.6) is 0 Å². The van der Waals surface area contributed by atoms with E-state index in [4.69, 9.17) is 46.4 Å². The van der Waals surface area contributed by atoms with Crippen LogP contribution in [0.4, 0.5) is 0 Å². The minimum atomic E-state index is -1.10. The van der Waals surface area contributed by atoms with E-state index in [0.717, 1.165) is 5.33 Å². The number of rotatable bonds is 1. The molecule has 0 nitrogen and oxygen atoms in total. The fraction of sp³-hybridized carbons (Fsp3) is 0.750. The van der Waals surface area contributed by atoms with Gasteiger partial charge < -0.3 is 0 Å². The molecule has 0 N–H and O–H groups in total. The van der Waals surface area contributed by atoms with E-state index in [1.165, 1.54) is 0 Å². The standard InChI is InChI=1S/C8H7BrCl4/c9-4-5-3-6(10)1-2-7(5,11)8(6,12)13/h1-2,5H,3-4H2/t5-,6+,7-/m0/s1. The van der Waals surface area contributed by atoms with Gasteiger partial charge in [0.1, 0.15) is 4.87 Å². The van der Waals surface area contributed by atoms with Crippen LogP contribution in [-0.4, -0.2) is 19.4 Å². The molecular weight excluding hydrogens is 318 g/mol. The number of hydrogen-bond acceptors (Lipinski definition) is 0. The van der Waals surface area contributed by atoms with Crippen molar-refractivity contribution >= 4 is 62.3 Å². The third kappa shape index (κ3) is 1.12. The molecule has 74 valence electrons. The molecule has 5 heteroatoms. The van der Waals surface area contributed by atoms with Crippen molar-refractivity contribution in [3.63, 3.8) is 0 Å². The lowest BCUT2D eigenvalue weighted by Crippen LogP contribution is -2.43. The molecule has 2 aliphatic rings. The van der Waals surface area contributed by atoms with Crippen molar-refractivity contribution in [1.82, 2.24) is 0 Å². The van der Waals surface area contributed by atoms with E-state index >= 15 is 0 Å². The SMILES string of the molecule is ClC1(Cl)[C@@]2(Cl)C=C[C@]1(Cl)[C@H](CBr)C2. The normalized spacial score (nSPS) is 51.6. The lowest BCUT2D eigenvalue weighted by molar-refractivity contribution is 0.531. The monoisotopic (exact) mass is 322 g/mol. The molecule has 0 aliphatic heterocycles. The average molecular weight is 325 g/mol. The Morgan fingerprint density at radius 3 is 2.08 bits per heavy atom. The predicted molar refractivity (Wildman–Crippen MR) is 62.6 cm³/mol. The maximum Gasteiger partial charge on any atom is 0.163 e. The van der Waals surface area contributed by atoms with Crippen LogP contribution in [0.3, 0.4) is 0 Å². The van der Waals surface area contributed by atoms with Crippen molar-refractivity contribution in [2.75, 3.05) is 5.33 Å². The highest BCUT2D eigenvalue weighted by molar-refractivity contribution is 9.09. The maximum absolute atomic E-state index is 6.38. The van der Waals surface area contributed by atoms with E-state index in [9.17, 15) is 0 Å². The van der Waals surface area contributed by atoms with Crippen molar-refractivity contribution in [3.05, 3.63) is 12.2 Å². The molecule has 2 bridgehead atoms. The van der Waals surface area contributed by atoms with Gasteiger partial charge in [0.2, 0.25) is 0 Å². The third-order valence-electron chi connectivity index (χ3n) is 2.92. The molecular formula is C8H7BrCl4. The molecule has 13 heavy (non-hydrogen) atoms. The minimum Gasteiger partial charge on any atom is -0.111 e. The maximum atomic E-state index is 6.38. The molecule has 0 aromatic rings. The first-order valence-electron chi connectivity index (χ1n) is 3.89. The van der Waals surface area contributed by atoms with Crippen LogP contribution in [0.1, 0.15) is 6.42 Å². The predicted octanol–water partition coefficient (Wildman–Crippen LogP) is 4.10. The van der Waals surface area contributed by atoms with Gasteiger partial charge in [-0.25, -0.2) is 0 Å². The third-order valence-corrected chi connectivity index (χ3v) is 6.67. The van der Waals surface area contributed by atoms with Gasteiger partial charge in [-0.3, -0.25) is 0 Å². The Bertz CT molecular complexity index is 277. The van der Waals surface area contributed by atoms with E-state index in [1.54, 1.807) is 0 Å². The largest absolute Gasteiger partial charge is 0.163 e. The van der Waals surface area contributed by atoms with Gasteiger partial charge in [-0.1, -0.05) is 51.3 Å². The Labute approximate surface area is 106 Å². The van der Waals surface area contributed by atoms with E-state index in [-0.39, 0.29) is 5.92 Å². The summed E-state index contributed by atoms with van der Waals surface area (Å²) in [6.07, 6.45) is 4.37. The highest BCUT2D eigenvalue weighted by Crippen LogP contribution is 2.67. The van der Waals surface area contributed by atoms with Gasteiger partial charge >= 0.3 is 0 Å². The molecule has 2 aliphatic carbocycles. The molecule has 0 aromatic heterocycles. The highest BCUT2D eigenvalue weighted by Gasteiger charge is 2.71. The van der Waals surface area contributed by atoms with Gasteiger partial charge in [0.25, 0.3) is 0 Å². The number of alkyl halides is 5. The molecule has 0 aromatic carbocycles. The average Bonchev–Trinajstić information content (AvgIpc) is 2.32. The van der Waals surface area contributed by atoms with Crippen LogP contribution in [0.2, 0.25) is 0 Å². The first-order chi connectivity index (χ1) is 5.87. The molecule has 0 spiro atoms. The van der Waals surface area contributed by atoms with Crippen molar-refractivity contribution < 1.29 is 0 Å². The first kappa shape index (κ1) is 10.9. The van der Waals surface area contributed by atoms with Crippen molar-refractivity contribution in [2.24, 2.45) is 5.92 Å². The fourth-order valence-corrected chi connectivity index (χ4v) is 4.52. The number of fused-ring (bicyclic) bond motifs is 2. The summed E-state index contributed by atoms with van der Waals surface area (Å²) >= 11 is 28.5. The topological polar surface area (TPSA) is 0 Å². The van der Waals surface area contributed by atoms with Crippen LogP contribution in [-0.2, 0) is 0 Å². The first-order valence-corrected chi connectivity index (χ1v) is 6.53. The second-order valence-electron chi connectivity index (χ2n) is 3.59. The Kier molecular flexibility index (Phi) is 2.47. The molecule has 2 rings (SSSR count). The summed E-state index contributed by atoms with van der Waals surface area (Å²) in [5, 5.41) is 0.760. The zero-order chi connectivity index (χ0) is 9.91. The summed E-state index contributed by atoms with van der Waals surface area (Å²) < 4.78 is -1.10. The highest BCUT2D eigenvalue weighted by atomic mass is 79.9. The summed E-state index contributed by atoms with van der Waals surface area (Å²) in [4.78, 5) is -1.42. The van der Waals surface area contributed by atoms with Crippen LogP contribution in [0.25, 0.3) is 0 Å². The second kappa shape index (κ2) is 2.95. The molecule has 3 atom stereocenters. The second-order valence-corrected chi connectivity index (χ2v) is 6.87. The molecule has 1 saturated carbocycles. The Balaban J connectivity index is 2.49. The Morgan fingerprint density at radius 2 is 1.85 bits per heavy atom. The molecule has 1 fully saturated rings. The summed E-state index contributed by atoms with van der Waals surface area (Å²) in [5.74, 6) is 0.187. The quantitative estimate of drug-likeness (QED) is 0.503. The van der Waals surface area contributed by atoms with E-state index in [2.05, 4.69) is 15.9 Å². The fourth-order valence-electron chi connectivity index (χ4n) is 2.04. The van der Waals surface area contributed by atoms with Crippen molar-refractivity contribution in [2.45, 2.75) is 20.5 Å². The Hall–Kier alpha value is 1.38. The number of halogens is 5. The van der Waals surface area contributed by atoms with Crippen LogP contribution >= 0.6 is 62.3 Å². The van der Waals surface area contributed by atoms with E-state index in [1.807, 2.05) is 12.2 Å². The summed E-state index contributed by atoms with van der Waals surface area (Å²) in [6, 6.07) is 0. The van der Waals surface area contributed by atoms with Gasteiger partial charge in [-0.05, 0) is 12.3 Å². The summed E-state index contributed by atoms with van der Waals surface area (Å²) in [6.45, 7) is 0. The summed E-state index contributed by atoms with van der Waals surface area (Å²) in [7, 11) is 0. The molecule has 0 heterocycles. The van der Waals surface area contributed by atoms with Crippen molar-refractivity contribution in [1.29, 1.82) is 0 Å². The zero-order valence-corrected chi connectivity index (χ0v) is 11.1. The lowest BCUT2D eigenvalue weighted by atomic mass is 9.95. The van der Waals surface area contributed by atoms with E-state index in [0.29, 0.717) is 6.42 Å². The van der Waals surface area contributed by atoms with Gasteiger partial charge in [0.15, 0.2) is 4.33 Å². The van der Waals surface area contributed by atoms with Gasteiger partial charge in [-0.2, -0.15) is 0 Å².